The summed E-state index contributed by atoms with van der Waals surface area (Å²) < 4.78 is 0.429. The fourth-order valence-electron chi connectivity index (χ4n) is 2.45. The molecule has 0 rings (SSSR count). The predicted molar refractivity (Wildman–Crippen MR) is 78.0 cm³/mol. The molecule has 19 heavy (non-hydrogen) atoms. The number of hydrogen-bond acceptors (Lipinski definition) is 2. The highest BCUT2D eigenvalue weighted by atomic mass is 16.4. The summed E-state index contributed by atoms with van der Waals surface area (Å²) in [7, 11) is 0. The first-order chi connectivity index (χ1) is 8.93. The molecule has 0 aromatic heterocycles. The van der Waals surface area contributed by atoms with Crippen LogP contribution in [0.2, 0.25) is 0 Å². The van der Waals surface area contributed by atoms with Crippen molar-refractivity contribution in [3.63, 3.8) is 0 Å². The van der Waals surface area contributed by atoms with Crippen LogP contribution in [-0.4, -0.2) is 52.4 Å². The second-order valence-corrected chi connectivity index (χ2v) is 5.20. The summed E-state index contributed by atoms with van der Waals surface area (Å²) in [6.45, 7) is 9.77. The molecule has 0 fully saturated rings. The van der Waals surface area contributed by atoms with Gasteiger partial charge >= 0.3 is 5.97 Å². The van der Waals surface area contributed by atoms with Crippen molar-refractivity contribution in [3.05, 3.63) is 12.2 Å². The van der Waals surface area contributed by atoms with E-state index in [0.29, 0.717) is 17.4 Å². The topological polar surface area (TPSA) is 57.5 Å². The number of aliphatic carboxylic acids is 1. The third-order valence-electron chi connectivity index (χ3n) is 4.04. The van der Waals surface area contributed by atoms with E-state index in [0.717, 1.165) is 25.9 Å². The summed E-state index contributed by atoms with van der Waals surface area (Å²) in [5, 5.41) is 19.3. The highest BCUT2D eigenvalue weighted by Gasteiger charge is 2.37. The lowest BCUT2D eigenvalue weighted by Crippen LogP contribution is -2.60. The van der Waals surface area contributed by atoms with Gasteiger partial charge in [0, 0.05) is 0 Å². The Balaban J connectivity index is 4.61. The van der Waals surface area contributed by atoms with Gasteiger partial charge in [-0.05, 0) is 33.6 Å². The highest BCUT2D eigenvalue weighted by Crippen LogP contribution is 2.16. The molecular weight excluding hydrogens is 242 g/mol. The fraction of sp³-hybridized carbons (Fsp3) is 0.800. The van der Waals surface area contributed by atoms with Gasteiger partial charge in [0.05, 0.1) is 13.1 Å². The molecule has 112 valence electrons. The van der Waals surface area contributed by atoms with E-state index in [1.807, 2.05) is 19.9 Å². The summed E-state index contributed by atoms with van der Waals surface area (Å²) in [4.78, 5) is 11.2. The number of hydrogen-bond donors (Lipinski definition) is 2. The molecule has 0 aromatic rings. The third kappa shape index (κ3) is 5.74. The van der Waals surface area contributed by atoms with Crippen LogP contribution < -0.4 is 0 Å². The number of aliphatic hydroxyl groups is 1. The molecule has 4 nitrogen and oxygen atoms in total. The molecule has 0 spiro atoms. The average molecular weight is 272 g/mol. The van der Waals surface area contributed by atoms with E-state index in [1.165, 1.54) is 0 Å². The molecule has 0 aliphatic heterocycles. The van der Waals surface area contributed by atoms with Crippen LogP contribution in [0.3, 0.4) is 0 Å². The summed E-state index contributed by atoms with van der Waals surface area (Å²) in [6.07, 6.45) is 6.34. The first kappa shape index (κ1) is 18.1. The minimum atomic E-state index is -0.794. The molecule has 0 aliphatic rings. The van der Waals surface area contributed by atoms with Crippen LogP contribution in [0.1, 0.15) is 47.0 Å². The van der Waals surface area contributed by atoms with Gasteiger partial charge in [0.25, 0.3) is 0 Å². The minimum Gasteiger partial charge on any atom is -0.477 e. The van der Waals surface area contributed by atoms with Crippen molar-refractivity contribution in [1.82, 2.24) is 0 Å². The van der Waals surface area contributed by atoms with Crippen LogP contribution in [0, 0.1) is 0 Å². The summed E-state index contributed by atoms with van der Waals surface area (Å²) >= 11 is 0. The molecule has 0 aliphatic carbocycles. The number of nitrogens with zero attached hydrogens (tertiary/aromatic N) is 1. The number of carboxylic acid groups (broad SMARTS) is 1. The van der Waals surface area contributed by atoms with Crippen molar-refractivity contribution in [2.45, 2.75) is 59.1 Å². The van der Waals surface area contributed by atoms with Gasteiger partial charge in [-0.25, -0.2) is 4.79 Å². The number of allylic oxidation sites excluding steroid dienone is 1. The molecule has 0 heterocycles. The molecule has 2 atom stereocenters. The molecule has 0 saturated carbocycles. The lowest BCUT2D eigenvalue weighted by molar-refractivity contribution is -0.941. The van der Waals surface area contributed by atoms with E-state index in [4.69, 9.17) is 0 Å². The van der Waals surface area contributed by atoms with Crippen molar-refractivity contribution in [1.29, 1.82) is 0 Å². The zero-order valence-electron chi connectivity index (χ0n) is 12.8. The van der Waals surface area contributed by atoms with E-state index in [1.54, 1.807) is 6.92 Å². The van der Waals surface area contributed by atoms with E-state index >= 15 is 0 Å². The van der Waals surface area contributed by atoms with Crippen LogP contribution >= 0.6 is 0 Å². The number of quaternary nitrogens is 1. The Morgan fingerprint density at radius 2 is 1.79 bits per heavy atom. The third-order valence-corrected chi connectivity index (χ3v) is 4.04. The van der Waals surface area contributed by atoms with Gasteiger partial charge in [0.15, 0.2) is 6.04 Å². The van der Waals surface area contributed by atoms with Crippen molar-refractivity contribution in [2.24, 2.45) is 0 Å². The maximum absolute atomic E-state index is 11.2. The molecule has 0 aromatic carbocycles. The van der Waals surface area contributed by atoms with Crippen molar-refractivity contribution in [2.75, 3.05) is 19.6 Å². The van der Waals surface area contributed by atoms with E-state index < -0.39 is 18.1 Å². The number of carboxylic acids is 1. The second kappa shape index (κ2) is 9.10. The summed E-state index contributed by atoms with van der Waals surface area (Å²) in [6, 6.07) is -0.482. The average Bonchev–Trinajstić information content (AvgIpc) is 2.40. The summed E-state index contributed by atoms with van der Waals surface area (Å²) in [5.74, 6) is -0.794. The smallest absolute Gasteiger partial charge is 0.362 e. The normalized spacial score (nSPS) is 15.6. The first-order valence-corrected chi connectivity index (χ1v) is 7.35. The minimum absolute atomic E-state index is 0.429. The first-order valence-electron chi connectivity index (χ1n) is 7.35. The van der Waals surface area contributed by atoms with Crippen LogP contribution in [0.25, 0.3) is 0 Å². The summed E-state index contributed by atoms with van der Waals surface area (Å²) in [5.41, 5.74) is 0. The fourth-order valence-corrected chi connectivity index (χ4v) is 2.45. The van der Waals surface area contributed by atoms with Crippen molar-refractivity contribution in [3.8, 4) is 0 Å². The molecule has 2 N–H and O–H groups in total. The lowest BCUT2D eigenvalue weighted by atomic mass is 10.1. The molecule has 4 heteroatoms. The molecular formula is C15H30NO3+. The molecule has 0 radical (unpaired) electrons. The Hall–Kier alpha value is -0.870. The van der Waals surface area contributed by atoms with Gasteiger partial charge < -0.3 is 14.7 Å². The molecule has 0 amide bonds. The van der Waals surface area contributed by atoms with E-state index in [9.17, 15) is 15.0 Å². The Morgan fingerprint density at radius 1 is 1.21 bits per heavy atom. The number of unbranched alkanes of at least 4 members (excludes halogenated alkanes) is 1. The predicted octanol–water partition coefficient (Wildman–Crippen LogP) is 2.42. The van der Waals surface area contributed by atoms with E-state index in [2.05, 4.69) is 13.0 Å². The maximum atomic E-state index is 11.2. The second-order valence-electron chi connectivity index (χ2n) is 5.20. The highest BCUT2D eigenvalue weighted by molar-refractivity contribution is 5.71. The van der Waals surface area contributed by atoms with Gasteiger partial charge in [-0.2, -0.15) is 0 Å². The van der Waals surface area contributed by atoms with Crippen LogP contribution in [0.5, 0.6) is 0 Å². The largest absolute Gasteiger partial charge is 0.477 e. The Bertz CT molecular complexity index is 285. The Labute approximate surface area is 117 Å². The van der Waals surface area contributed by atoms with Gasteiger partial charge in [-0.3, -0.25) is 0 Å². The van der Waals surface area contributed by atoms with Crippen LogP contribution in [-0.2, 0) is 4.79 Å². The van der Waals surface area contributed by atoms with Crippen molar-refractivity contribution >= 4 is 5.97 Å². The standard InChI is InChI=1S/C15H29NO3/c1-5-8-9-10-11-14(17)12-16(6-2,7-3)13(4)15(18)19/h9-10,13-14,17H,5-8,11-12H2,1-4H3/p+1/b10-9+. The van der Waals surface area contributed by atoms with Gasteiger partial charge in [-0.15, -0.1) is 0 Å². The van der Waals surface area contributed by atoms with Crippen molar-refractivity contribution < 1.29 is 19.5 Å². The quantitative estimate of drug-likeness (QED) is 0.474. The van der Waals surface area contributed by atoms with Gasteiger partial charge in [0.2, 0.25) is 0 Å². The number of carbonyl (C=O) groups is 1. The van der Waals surface area contributed by atoms with E-state index in [-0.39, 0.29) is 0 Å². The Morgan fingerprint density at radius 3 is 2.21 bits per heavy atom. The number of aliphatic hydroxyl groups excluding tert-OH is 1. The number of rotatable bonds is 10. The zero-order chi connectivity index (χ0) is 14.9. The molecule has 0 saturated heterocycles. The van der Waals surface area contributed by atoms with Crippen LogP contribution in [0.15, 0.2) is 12.2 Å². The number of likely N-dealkylation sites (N-methyl/N-ethyl adjacent to an activating group) is 1. The molecule has 0 bridgehead atoms. The van der Waals surface area contributed by atoms with Gasteiger partial charge in [-0.1, -0.05) is 25.5 Å². The van der Waals surface area contributed by atoms with Crippen LogP contribution in [0.4, 0.5) is 0 Å². The maximum Gasteiger partial charge on any atom is 0.362 e. The lowest BCUT2D eigenvalue weighted by Gasteiger charge is -2.41. The molecule has 2 unspecified atom stereocenters. The van der Waals surface area contributed by atoms with Gasteiger partial charge in [0.1, 0.15) is 12.6 Å². The Kier molecular flexibility index (Phi) is 8.68. The SMILES string of the molecule is CCC/C=C/CC(O)C[N+](CC)(CC)C(C)C(=O)O. The monoisotopic (exact) mass is 272 g/mol. The zero-order valence-corrected chi connectivity index (χ0v) is 12.8.